The molecule has 1 aromatic heterocycles. The second kappa shape index (κ2) is 10.2. The fraction of sp³-hybridized carbons (Fsp3) is 0. The number of furan rings is 1. The molecule has 0 amide bonds. The van der Waals surface area contributed by atoms with Gasteiger partial charge in [-0.05, 0) is 89.3 Å². The van der Waals surface area contributed by atoms with E-state index in [1.807, 2.05) is 0 Å². The van der Waals surface area contributed by atoms with E-state index in [1.54, 1.807) is 0 Å². The minimum atomic E-state index is 0.912. The van der Waals surface area contributed by atoms with E-state index in [-0.39, 0.29) is 0 Å². The Balaban J connectivity index is 1.18. The van der Waals surface area contributed by atoms with Crippen LogP contribution in [0.2, 0.25) is 0 Å². The Kier molecular flexibility index (Phi) is 5.64. The summed E-state index contributed by atoms with van der Waals surface area (Å²) in [6, 6.07) is 61.5. The van der Waals surface area contributed by atoms with E-state index in [0.29, 0.717) is 0 Å². The van der Waals surface area contributed by atoms with Gasteiger partial charge in [-0.2, -0.15) is 0 Å². The van der Waals surface area contributed by atoms with E-state index in [4.69, 9.17) is 4.42 Å². The molecule has 0 saturated heterocycles. The highest BCUT2D eigenvalue weighted by molar-refractivity contribution is 6.22. The number of benzene rings is 9. The summed E-state index contributed by atoms with van der Waals surface area (Å²) in [4.78, 5) is 0. The molecule has 0 bridgehead atoms. The molecule has 0 aliphatic carbocycles. The molecule has 0 atom stereocenters. The predicted octanol–water partition coefficient (Wildman–Crippen LogP) is 13.2. The Morgan fingerprint density at radius 3 is 1.47 bits per heavy atom. The molecule has 0 aliphatic heterocycles. The Labute approximate surface area is 271 Å². The summed E-state index contributed by atoms with van der Waals surface area (Å²) in [7, 11) is 0. The summed E-state index contributed by atoms with van der Waals surface area (Å²) in [5.74, 6) is 0. The molecule has 1 heterocycles. The zero-order valence-corrected chi connectivity index (χ0v) is 25.6. The van der Waals surface area contributed by atoms with Crippen LogP contribution in [0.4, 0.5) is 0 Å². The van der Waals surface area contributed by atoms with Crippen molar-refractivity contribution < 1.29 is 4.42 Å². The molecule has 0 N–H and O–H groups in total. The largest absolute Gasteiger partial charge is 0.455 e. The number of rotatable bonds is 3. The van der Waals surface area contributed by atoms with Gasteiger partial charge in [0.15, 0.2) is 0 Å². The highest BCUT2D eigenvalue weighted by Crippen LogP contribution is 2.45. The molecular formula is C46H28O. The summed E-state index contributed by atoms with van der Waals surface area (Å²) in [6.07, 6.45) is 0. The molecule has 47 heavy (non-hydrogen) atoms. The molecule has 0 fully saturated rings. The third-order valence-electron chi connectivity index (χ3n) is 9.86. The second-order valence-corrected chi connectivity index (χ2v) is 12.4. The van der Waals surface area contributed by atoms with Crippen LogP contribution in [0, 0.1) is 0 Å². The van der Waals surface area contributed by atoms with Crippen LogP contribution in [0.1, 0.15) is 0 Å². The van der Waals surface area contributed by atoms with Crippen LogP contribution in [-0.2, 0) is 0 Å². The first-order valence-electron chi connectivity index (χ1n) is 16.2. The monoisotopic (exact) mass is 596 g/mol. The van der Waals surface area contributed by atoms with Crippen molar-refractivity contribution in [2.45, 2.75) is 0 Å². The first-order chi connectivity index (χ1) is 23.3. The molecule has 9 aromatic carbocycles. The van der Waals surface area contributed by atoms with Gasteiger partial charge in [0.25, 0.3) is 0 Å². The van der Waals surface area contributed by atoms with Crippen LogP contribution in [-0.4, -0.2) is 0 Å². The Bertz CT molecular complexity index is 2770. The van der Waals surface area contributed by atoms with Gasteiger partial charge >= 0.3 is 0 Å². The van der Waals surface area contributed by atoms with E-state index >= 15 is 0 Å². The molecule has 10 aromatic rings. The van der Waals surface area contributed by atoms with Crippen LogP contribution >= 0.6 is 0 Å². The van der Waals surface area contributed by atoms with Crippen LogP contribution < -0.4 is 0 Å². The summed E-state index contributed by atoms with van der Waals surface area (Å²) < 4.78 is 6.62. The molecular weight excluding hydrogens is 569 g/mol. The number of fused-ring (bicyclic) bond motifs is 8. The predicted molar refractivity (Wildman–Crippen MR) is 200 cm³/mol. The molecule has 0 spiro atoms. The summed E-state index contributed by atoms with van der Waals surface area (Å²) >= 11 is 0. The Hall–Kier alpha value is -6.18. The number of hydrogen-bond acceptors (Lipinski definition) is 1. The smallest absolute Gasteiger partial charge is 0.143 e. The third kappa shape index (κ3) is 3.97. The molecule has 1 heteroatoms. The zero-order valence-electron chi connectivity index (χ0n) is 25.6. The van der Waals surface area contributed by atoms with Crippen molar-refractivity contribution in [3.8, 4) is 33.4 Å². The van der Waals surface area contributed by atoms with Crippen molar-refractivity contribution >= 4 is 65.0 Å². The quantitative estimate of drug-likeness (QED) is 0.185. The van der Waals surface area contributed by atoms with Gasteiger partial charge < -0.3 is 4.42 Å². The fourth-order valence-electron chi connectivity index (χ4n) is 7.70. The van der Waals surface area contributed by atoms with Crippen molar-refractivity contribution in [1.29, 1.82) is 0 Å². The summed E-state index contributed by atoms with van der Waals surface area (Å²) in [6.45, 7) is 0. The lowest BCUT2D eigenvalue weighted by atomic mass is 9.85. The maximum Gasteiger partial charge on any atom is 0.143 e. The standard InChI is InChI=1S/C46H28O/c1-3-13-34-29(10-1)12-9-19-35(34)31-20-22-32(23-21-31)44-38-15-5-7-17-40(38)45(41-18-8-6-16-39(41)44)33-25-26-37-42-27-24-30-11-2-4-14-36(30)46(42)47-43(37)28-33/h1-28H. The zero-order chi connectivity index (χ0) is 30.9. The van der Waals surface area contributed by atoms with Crippen LogP contribution in [0.5, 0.6) is 0 Å². The maximum absolute atomic E-state index is 6.62. The van der Waals surface area contributed by atoms with Crippen LogP contribution in [0.15, 0.2) is 174 Å². The van der Waals surface area contributed by atoms with Crippen LogP contribution in [0.25, 0.3) is 98.4 Å². The van der Waals surface area contributed by atoms with Crippen molar-refractivity contribution in [2.24, 2.45) is 0 Å². The lowest BCUT2D eigenvalue weighted by Gasteiger charge is -2.18. The SMILES string of the molecule is c1ccc2c(-c3ccc(-c4c5ccccc5c(-c5ccc6c(c5)oc5c7ccccc7ccc65)c5ccccc45)cc3)cccc2c1. The topological polar surface area (TPSA) is 13.1 Å². The van der Waals surface area contributed by atoms with Crippen LogP contribution in [0.3, 0.4) is 0 Å². The first-order valence-corrected chi connectivity index (χ1v) is 16.2. The van der Waals surface area contributed by atoms with Crippen molar-refractivity contribution in [2.75, 3.05) is 0 Å². The number of hydrogen-bond donors (Lipinski definition) is 0. The van der Waals surface area contributed by atoms with E-state index in [9.17, 15) is 0 Å². The second-order valence-electron chi connectivity index (χ2n) is 12.4. The average molecular weight is 597 g/mol. The molecule has 10 rings (SSSR count). The van der Waals surface area contributed by atoms with Gasteiger partial charge in [-0.15, -0.1) is 0 Å². The lowest BCUT2D eigenvalue weighted by molar-refractivity contribution is 0.673. The van der Waals surface area contributed by atoms with Gasteiger partial charge in [0.05, 0.1) is 0 Å². The van der Waals surface area contributed by atoms with Crippen molar-refractivity contribution in [1.82, 2.24) is 0 Å². The van der Waals surface area contributed by atoms with Crippen molar-refractivity contribution in [3.63, 3.8) is 0 Å². The molecule has 1 nitrogen and oxygen atoms in total. The molecule has 218 valence electrons. The van der Waals surface area contributed by atoms with Gasteiger partial charge in [0, 0.05) is 16.2 Å². The molecule has 0 aliphatic rings. The lowest BCUT2D eigenvalue weighted by Crippen LogP contribution is -1.91. The third-order valence-corrected chi connectivity index (χ3v) is 9.86. The van der Waals surface area contributed by atoms with E-state index in [2.05, 4.69) is 170 Å². The van der Waals surface area contributed by atoms with E-state index in [0.717, 1.165) is 32.9 Å². The van der Waals surface area contributed by atoms with Gasteiger partial charge in [-0.25, -0.2) is 0 Å². The van der Waals surface area contributed by atoms with Gasteiger partial charge in [-0.3, -0.25) is 0 Å². The van der Waals surface area contributed by atoms with Gasteiger partial charge in [0.1, 0.15) is 11.2 Å². The molecule has 0 saturated carbocycles. The minimum absolute atomic E-state index is 0.912. The Morgan fingerprint density at radius 1 is 0.298 bits per heavy atom. The maximum atomic E-state index is 6.62. The average Bonchev–Trinajstić information content (AvgIpc) is 3.52. The highest BCUT2D eigenvalue weighted by atomic mass is 16.3. The van der Waals surface area contributed by atoms with E-state index < -0.39 is 0 Å². The van der Waals surface area contributed by atoms with Crippen molar-refractivity contribution in [3.05, 3.63) is 170 Å². The summed E-state index contributed by atoms with van der Waals surface area (Å²) in [5.41, 5.74) is 9.22. The normalized spacial score (nSPS) is 11.8. The van der Waals surface area contributed by atoms with Gasteiger partial charge in [-0.1, -0.05) is 152 Å². The molecule has 0 radical (unpaired) electrons. The van der Waals surface area contributed by atoms with Gasteiger partial charge in [0.2, 0.25) is 0 Å². The highest BCUT2D eigenvalue weighted by Gasteiger charge is 2.18. The fourth-order valence-corrected chi connectivity index (χ4v) is 7.70. The first kappa shape index (κ1) is 26.1. The minimum Gasteiger partial charge on any atom is -0.455 e. The summed E-state index contributed by atoms with van der Waals surface area (Å²) in [5, 5.41) is 12.1. The van der Waals surface area contributed by atoms with E-state index in [1.165, 1.54) is 65.5 Å². The Morgan fingerprint density at radius 2 is 0.787 bits per heavy atom. The molecule has 0 unspecified atom stereocenters.